The molecule has 1 aliphatic carbocycles. The van der Waals surface area contributed by atoms with Gasteiger partial charge in [0, 0.05) is 31.8 Å². The van der Waals surface area contributed by atoms with E-state index in [-0.39, 0.29) is 12.5 Å². The van der Waals surface area contributed by atoms with E-state index < -0.39 is 11.2 Å². The zero-order chi connectivity index (χ0) is 15.9. The number of aromatic nitrogens is 3. The first kappa shape index (κ1) is 14.6. The number of ether oxygens (including phenoxy) is 1. The van der Waals surface area contributed by atoms with Crippen LogP contribution in [-0.4, -0.2) is 27.0 Å². The second-order valence-corrected chi connectivity index (χ2v) is 5.30. The van der Waals surface area contributed by atoms with Gasteiger partial charge in [-0.25, -0.2) is 14.3 Å². The molecule has 0 unspecified atom stereocenters. The van der Waals surface area contributed by atoms with E-state index in [4.69, 9.17) is 4.74 Å². The van der Waals surface area contributed by atoms with Crippen molar-refractivity contribution in [2.24, 2.45) is 0 Å². The van der Waals surface area contributed by atoms with Gasteiger partial charge in [0.05, 0.1) is 5.39 Å². The third-order valence-corrected chi connectivity index (χ3v) is 4.05. The molecule has 7 nitrogen and oxygen atoms in total. The number of rotatable bonds is 3. The Morgan fingerprint density at radius 1 is 1.23 bits per heavy atom. The van der Waals surface area contributed by atoms with Gasteiger partial charge in [0.15, 0.2) is 5.78 Å². The second-order valence-electron chi connectivity index (χ2n) is 5.30. The van der Waals surface area contributed by atoms with Gasteiger partial charge in [0.1, 0.15) is 12.4 Å². The lowest BCUT2D eigenvalue weighted by atomic mass is 9.90. The largest absolute Gasteiger partial charge is 0.364 e. The molecular formula is C15H17N3O4. The van der Waals surface area contributed by atoms with Crippen LogP contribution in [0.15, 0.2) is 15.8 Å². The van der Waals surface area contributed by atoms with Gasteiger partial charge in [-0.2, -0.15) is 0 Å². The molecule has 2 aromatic rings. The lowest BCUT2D eigenvalue weighted by molar-refractivity contribution is 0.0972. The van der Waals surface area contributed by atoms with Crippen LogP contribution in [0.1, 0.15) is 35.7 Å². The maximum Gasteiger partial charge on any atom is 0.334 e. The van der Waals surface area contributed by atoms with E-state index in [9.17, 15) is 14.4 Å². The molecule has 0 saturated carbocycles. The molecule has 0 amide bonds. The Hall–Kier alpha value is -2.28. The fourth-order valence-electron chi connectivity index (χ4n) is 3.01. The van der Waals surface area contributed by atoms with Gasteiger partial charge in [-0.15, -0.1) is 0 Å². The average molecular weight is 303 g/mol. The van der Waals surface area contributed by atoms with Crippen LogP contribution in [0, 0.1) is 0 Å². The number of Topliss-reactive ketones (excluding diaryl/α,β-unsaturated/α-hetero) is 1. The Bertz CT molecular complexity index is 879. The highest BCUT2D eigenvalue weighted by Crippen LogP contribution is 2.25. The Kier molecular flexibility index (Phi) is 3.66. The minimum atomic E-state index is -0.448. The van der Waals surface area contributed by atoms with Crippen LogP contribution in [0.25, 0.3) is 11.0 Å². The van der Waals surface area contributed by atoms with Gasteiger partial charge in [-0.05, 0) is 25.3 Å². The van der Waals surface area contributed by atoms with Crippen molar-refractivity contribution >= 4 is 16.8 Å². The van der Waals surface area contributed by atoms with Crippen LogP contribution in [0.5, 0.6) is 0 Å². The molecule has 1 aliphatic rings. The summed E-state index contributed by atoms with van der Waals surface area (Å²) >= 11 is 0. The summed E-state index contributed by atoms with van der Waals surface area (Å²) < 4.78 is 7.45. The third kappa shape index (κ3) is 2.00. The topological polar surface area (TPSA) is 83.2 Å². The van der Waals surface area contributed by atoms with Crippen LogP contribution in [0.2, 0.25) is 0 Å². The van der Waals surface area contributed by atoms with Crippen molar-refractivity contribution in [2.75, 3.05) is 7.11 Å². The lowest BCUT2D eigenvalue weighted by Crippen LogP contribution is -2.41. The number of pyridine rings is 1. The minimum absolute atomic E-state index is 0.00240. The van der Waals surface area contributed by atoms with Crippen LogP contribution >= 0.6 is 0 Å². The maximum atomic E-state index is 12.7. The zero-order valence-corrected chi connectivity index (χ0v) is 12.6. The SMILES string of the molecule is CCn1c(=O)n(COC)c(=O)c2c3c(cnc21)C(=O)CCC3. The van der Waals surface area contributed by atoms with E-state index in [0.29, 0.717) is 48.0 Å². The zero-order valence-electron chi connectivity index (χ0n) is 12.6. The molecule has 0 saturated heterocycles. The standard InChI is InChI=1S/C15H17N3O4/c1-3-17-13-12(14(20)18(8-22-2)15(17)21)9-5-4-6-11(19)10(9)7-16-13/h7H,3-6,8H2,1-2H3. The molecule has 7 heteroatoms. The number of hydrogen-bond acceptors (Lipinski definition) is 5. The van der Waals surface area contributed by atoms with Gasteiger partial charge < -0.3 is 4.74 Å². The van der Waals surface area contributed by atoms with Crippen molar-refractivity contribution in [2.45, 2.75) is 39.5 Å². The van der Waals surface area contributed by atoms with E-state index in [1.54, 1.807) is 0 Å². The van der Waals surface area contributed by atoms with Gasteiger partial charge in [-0.3, -0.25) is 14.2 Å². The number of ketones is 1. The highest BCUT2D eigenvalue weighted by atomic mass is 16.5. The molecule has 0 N–H and O–H groups in total. The molecule has 2 heterocycles. The summed E-state index contributed by atoms with van der Waals surface area (Å²) in [6.07, 6.45) is 3.31. The molecule has 116 valence electrons. The molecule has 0 aliphatic heterocycles. The van der Waals surface area contributed by atoms with Crippen molar-refractivity contribution in [1.29, 1.82) is 0 Å². The van der Waals surface area contributed by atoms with E-state index in [2.05, 4.69) is 4.98 Å². The van der Waals surface area contributed by atoms with E-state index in [1.807, 2.05) is 6.92 Å². The molecule has 22 heavy (non-hydrogen) atoms. The Morgan fingerprint density at radius 3 is 2.68 bits per heavy atom. The fourth-order valence-corrected chi connectivity index (χ4v) is 3.01. The molecule has 0 bridgehead atoms. The monoisotopic (exact) mass is 303 g/mol. The van der Waals surface area contributed by atoms with Gasteiger partial charge in [0.2, 0.25) is 0 Å². The summed E-state index contributed by atoms with van der Waals surface area (Å²) in [5.74, 6) is 0.00240. The summed E-state index contributed by atoms with van der Waals surface area (Å²) in [4.78, 5) is 41.4. The molecule has 0 spiro atoms. The predicted molar refractivity (Wildman–Crippen MR) is 80.2 cm³/mol. The molecular weight excluding hydrogens is 286 g/mol. The molecule has 0 atom stereocenters. The number of aryl methyl sites for hydroxylation is 2. The smallest absolute Gasteiger partial charge is 0.334 e. The van der Waals surface area contributed by atoms with E-state index in [1.165, 1.54) is 17.9 Å². The highest BCUT2D eigenvalue weighted by molar-refractivity contribution is 6.01. The van der Waals surface area contributed by atoms with Crippen LogP contribution in [-0.2, 0) is 24.4 Å². The average Bonchev–Trinajstić information content (AvgIpc) is 2.51. The first-order valence-corrected chi connectivity index (χ1v) is 7.27. The number of carbonyl (C=O) groups is 1. The van der Waals surface area contributed by atoms with E-state index >= 15 is 0 Å². The minimum Gasteiger partial charge on any atom is -0.364 e. The van der Waals surface area contributed by atoms with Crippen LogP contribution in [0.3, 0.4) is 0 Å². The summed E-state index contributed by atoms with van der Waals surface area (Å²) in [7, 11) is 1.43. The first-order chi connectivity index (χ1) is 10.6. The lowest BCUT2D eigenvalue weighted by Gasteiger charge is -2.18. The van der Waals surface area contributed by atoms with Crippen LogP contribution in [0.4, 0.5) is 0 Å². The van der Waals surface area contributed by atoms with Crippen molar-refractivity contribution in [3.8, 4) is 0 Å². The normalized spacial score (nSPS) is 14.4. The molecule has 0 aromatic carbocycles. The fraction of sp³-hybridized carbons (Fsp3) is 0.467. The predicted octanol–water partition coefficient (Wildman–Crippen LogP) is 0.701. The van der Waals surface area contributed by atoms with Crippen molar-refractivity contribution in [3.63, 3.8) is 0 Å². The maximum absolute atomic E-state index is 12.7. The summed E-state index contributed by atoms with van der Waals surface area (Å²) in [6.45, 7) is 2.08. The molecule has 2 aromatic heterocycles. The van der Waals surface area contributed by atoms with Gasteiger partial charge in [0.25, 0.3) is 5.56 Å². The van der Waals surface area contributed by atoms with Crippen molar-refractivity contribution in [1.82, 2.24) is 14.1 Å². The summed E-state index contributed by atoms with van der Waals surface area (Å²) in [5, 5.41) is 0.365. The van der Waals surface area contributed by atoms with Crippen LogP contribution < -0.4 is 11.2 Å². The molecule has 3 rings (SSSR count). The first-order valence-electron chi connectivity index (χ1n) is 7.27. The number of hydrogen-bond donors (Lipinski definition) is 0. The molecule has 0 fully saturated rings. The Balaban J connectivity index is 2.49. The third-order valence-electron chi connectivity index (χ3n) is 4.05. The number of methoxy groups -OCH3 is 1. The Labute approximate surface area is 126 Å². The second kappa shape index (κ2) is 5.49. The van der Waals surface area contributed by atoms with Gasteiger partial charge >= 0.3 is 5.69 Å². The van der Waals surface area contributed by atoms with E-state index in [0.717, 1.165) is 4.57 Å². The molecule has 0 radical (unpaired) electrons. The van der Waals surface area contributed by atoms with Gasteiger partial charge in [-0.1, -0.05) is 0 Å². The summed E-state index contributed by atoms with van der Waals surface area (Å²) in [5.41, 5.74) is 0.666. The Morgan fingerprint density at radius 2 is 2.00 bits per heavy atom. The number of carbonyl (C=O) groups excluding carboxylic acids is 1. The van der Waals surface area contributed by atoms with Crippen molar-refractivity contribution < 1.29 is 9.53 Å². The van der Waals surface area contributed by atoms with Crippen molar-refractivity contribution in [3.05, 3.63) is 38.2 Å². The quantitative estimate of drug-likeness (QED) is 0.833. The summed E-state index contributed by atoms with van der Waals surface area (Å²) in [6, 6.07) is 0. The number of nitrogens with zero attached hydrogens (tertiary/aromatic N) is 3. The number of fused-ring (bicyclic) bond motifs is 3. The highest BCUT2D eigenvalue weighted by Gasteiger charge is 2.24.